The molecule has 2 aromatic rings. The van der Waals surface area contributed by atoms with Crippen LogP contribution < -0.4 is 0 Å². The van der Waals surface area contributed by atoms with E-state index < -0.39 is 17.4 Å². The molecule has 0 unspecified atom stereocenters. The molecule has 4 nitrogen and oxygen atoms in total. The second-order valence-corrected chi connectivity index (χ2v) is 9.94. The summed E-state index contributed by atoms with van der Waals surface area (Å²) in [5.74, 6) is -0.515. The van der Waals surface area contributed by atoms with Gasteiger partial charge in [0.1, 0.15) is 0 Å². The highest BCUT2D eigenvalue weighted by atomic mass is 16.5. The largest absolute Gasteiger partial charge is 0.468 e. The Morgan fingerprint density at radius 2 is 1.61 bits per heavy atom. The average molecular weight is 445 g/mol. The molecule has 0 heterocycles. The van der Waals surface area contributed by atoms with Crippen molar-refractivity contribution in [2.75, 3.05) is 14.2 Å². The summed E-state index contributed by atoms with van der Waals surface area (Å²) in [5.41, 5.74) is 1.75. The van der Waals surface area contributed by atoms with Crippen LogP contribution in [0.15, 0.2) is 67.3 Å². The van der Waals surface area contributed by atoms with Crippen molar-refractivity contribution in [1.82, 2.24) is 0 Å². The van der Waals surface area contributed by atoms with E-state index in [1.54, 1.807) is 0 Å². The Balaban J connectivity index is 1.82. The van der Waals surface area contributed by atoms with Crippen molar-refractivity contribution >= 4 is 11.9 Å². The molecule has 4 heteroatoms. The molecule has 0 aromatic heterocycles. The van der Waals surface area contributed by atoms with E-state index in [2.05, 4.69) is 43.0 Å². The Kier molecular flexibility index (Phi) is 5.43. The molecule has 0 aliphatic heterocycles. The highest BCUT2D eigenvalue weighted by Crippen LogP contribution is 2.69. The summed E-state index contributed by atoms with van der Waals surface area (Å²) in [4.78, 5) is 27.5. The third-order valence-electron chi connectivity index (χ3n) is 8.99. The van der Waals surface area contributed by atoms with Crippen LogP contribution in [0.2, 0.25) is 0 Å². The van der Waals surface area contributed by atoms with Crippen LogP contribution in [0.3, 0.4) is 0 Å². The standard InChI is InChI=1S/C29H32O4/c1-4-20-15-17-24-23-16-14-19-10-8-9-13-22(19)25(23)29(26(30)32-2,27(31)33-3)18-28(20,24)21-11-6-5-7-12-21/h4-13,20,23-25H,1,14-18H2,2-3H3/t20-,23+,24+,25+,28+/m0/s1. The van der Waals surface area contributed by atoms with Crippen LogP contribution in [-0.4, -0.2) is 26.2 Å². The van der Waals surface area contributed by atoms with E-state index in [4.69, 9.17) is 9.47 Å². The van der Waals surface area contributed by atoms with Crippen molar-refractivity contribution in [1.29, 1.82) is 0 Å². The SMILES string of the molecule is C=C[C@H]1CC[C@@H]2[C@H]3CCc4ccccc4[C@H]3C(C(=O)OC)(C(=O)OC)C[C@@]21c1ccccc1. The Bertz CT molecular complexity index is 1060. The first-order chi connectivity index (χ1) is 16.0. The second-order valence-electron chi connectivity index (χ2n) is 9.94. The van der Waals surface area contributed by atoms with Gasteiger partial charge < -0.3 is 9.47 Å². The maximum Gasteiger partial charge on any atom is 0.323 e. The fourth-order valence-corrected chi connectivity index (χ4v) is 7.88. The zero-order valence-electron chi connectivity index (χ0n) is 19.5. The maximum absolute atomic E-state index is 13.8. The molecule has 0 spiro atoms. The minimum atomic E-state index is -1.40. The van der Waals surface area contributed by atoms with Gasteiger partial charge in [-0.1, -0.05) is 60.7 Å². The number of carbonyl (C=O) groups is 2. The van der Waals surface area contributed by atoms with E-state index in [9.17, 15) is 9.59 Å². The highest BCUT2D eigenvalue weighted by Gasteiger charge is 2.70. The molecule has 3 aliphatic carbocycles. The van der Waals surface area contributed by atoms with Gasteiger partial charge in [-0.2, -0.15) is 0 Å². The number of carbonyl (C=O) groups excluding carboxylic acids is 2. The van der Waals surface area contributed by atoms with Gasteiger partial charge in [0.25, 0.3) is 0 Å². The fraction of sp³-hybridized carbons (Fsp3) is 0.448. The number of aryl methyl sites for hydroxylation is 1. The van der Waals surface area contributed by atoms with Gasteiger partial charge in [-0.15, -0.1) is 6.58 Å². The number of benzene rings is 2. The summed E-state index contributed by atoms with van der Waals surface area (Å²) in [5, 5.41) is 0. The predicted molar refractivity (Wildman–Crippen MR) is 127 cm³/mol. The van der Waals surface area contributed by atoms with Crippen LogP contribution >= 0.6 is 0 Å². The van der Waals surface area contributed by atoms with Crippen LogP contribution in [0.25, 0.3) is 0 Å². The van der Waals surface area contributed by atoms with Crippen LogP contribution in [0, 0.1) is 23.2 Å². The normalized spacial score (nSPS) is 31.5. The van der Waals surface area contributed by atoms with Crippen molar-refractivity contribution < 1.29 is 19.1 Å². The van der Waals surface area contributed by atoms with Crippen molar-refractivity contribution in [2.24, 2.45) is 23.2 Å². The smallest absolute Gasteiger partial charge is 0.323 e. The summed E-state index contributed by atoms with van der Waals surface area (Å²) in [6.45, 7) is 4.19. The van der Waals surface area contributed by atoms with Gasteiger partial charge in [-0.3, -0.25) is 9.59 Å². The number of fused-ring (bicyclic) bond motifs is 5. The molecule has 0 N–H and O–H groups in total. The van der Waals surface area contributed by atoms with E-state index >= 15 is 0 Å². The number of methoxy groups -OCH3 is 2. The van der Waals surface area contributed by atoms with E-state index in [0.717, 1.165) is 31.2 Å². The van der Waals surface area contributed by atoms with Crippen LogP contribution in [0.1, 0.15) is 48.3 Å². The first kappa shape index (κ1) is 21.9. The van der Waals surface area contributed by atoms with E-state index in [0.29, 0.717) is 12.3 Å². The molecule has 0 bridgehead atoms. The van der Waals surface area contributed by atoms with Crippen LogP contribution in [-0.2, 0) is 30.9 Å². The molecule has 0 radical (unpaired) electrons. The van der Waals surface area contributed by atoms with Gasteiger partial charge in [0.05, 0.1) is 14.2 Å². The van der Waals surface area contributed by atoms with Crippen molar-refractivity contribution in [3.05, 3.63) is 83.9 Å². The summed E-state index contributed by atoms with van der Waals surface area (Å²) >= 11 is 0. The first-order valence-electron chi connectivity index (χ1n) is 12.0. The molecule has 2 fully saturated rings. The third kappa shape index (κ3) is 2.89. The zero-order chi connectivity index (χ0) is 23.2. The fourth-order valence-electron chi connectivity index (χ4n) is 7.88. The monoisotopic (exact) mass is 444 g/mol. The number of rotatable bonds is 4. The zero-order valence-corrected chi connectivity index (χ0v) is 19.5. The lowest BCUT2D eigenvalue weighted by Crippen LogP contribution is -2.61. The summed E-state index contributed by atoms with van der Waals surface area (Å²) in [6, 6.07) is 18.7. The summed E-state index contributed by atoms with van der Waals surface area (Å²) < 4.78 is 10.8. The van der Waals surface area contributed by atoms with Crippen molar-refractivity contribution in [2.45, 2.75) is 43.4 Å². The third-order valence-corrected chi connectivity index (χ3v) is 8.99. The van der Waals surface area contributed by atoms with E-state index in [1.165, 1.54) is 25.3 Å². The Hall–Kier alpha value is -2.88. The lowest BCUT2D eigenvalue weighted by Gasteiger charge is -2.58. The topological polar surface area (TPSA) is 52.6 Å². The number of allylic oxidation sites excluding steroid dienone is 1. The molecule has 5 rings (SSSR count). The molecule has 0 saturated heterocycles. The molecule has 0 amide bonds. The van der Waals surface area contributed by atoms with Gasteiger partial charge in [-0.25, -0.2) is 0 Å². The highest BCUT2D eigenvalue weighted by molar-refractivity contribution is 6.02. The molecule has 2 aromatic carbocycles. The number of hydrogen-bond donors (Lipinski definition) is 0. The number of ether oxygens (including phenoxy) is 2. The van der Waals surface area contributed by atoms with Crippen LogP contribution in [0.4, 0.5) is 0 Å². The van der Waals surface area contributed by atoms with Gasteiger partial charge >= 0.3 is 11.9 Å². The lowest BCUT2D eigenvalue weighted by atomic mass is 9.43. The van der Waals surface area contributed by atoms with E-state index in [-0.39, 0.29) is 23.2 Å². The Morgan fingerprint density at radius 3 is 2.27 bits per heavy atom. The van der Waals surface area contributed by atoms with Gasteiger partial charge in [0, 0.05) is 11.3 Å². The average Bonchev–Trinajstić information content (AvgIpc) is 3.26. The molecule has 3 aliphatic rings. The molecular weight excluding hydrogens is 412 g/mol. The lowest BCUT2D eigenvalue weighted by molar-refractivity contribution is -0.181. The Labute approximate surface area is 196 Å². The minimum Gasteiger partial charge on any atom is -0.468 e. The minimum absolute atomic E-state index is 0.178. The van der Waals surface area contributed by atoms with E-state index in [1.807, 2.05) is 24.3 Å². The molecule has 2 saturated carbocycles. The first-order valence-corrected chi connectivity index (χ1v) is 12.0. The predicted octanol–water partition coefficient (Wildman–Crippen LogP) is 5.22. The quantitative estimate of drug-likeness (QED) is 0.369. The van der Waals surface area contributed by atoms with Gasteiger partial charge in [0.15, 0.2) is 5.41 Å². The van der Waals surface area contributed by atoms with Crippen molar-refractivity contribution in [3.8, 4) is 0 Å². The van der Waals surface area contributed by atoms with Gasteiger partial charge in [-0.05, 0) is 66.5 Å². The van der Waals surface area contributed by atoms with Crippen molar-refractivity contribution in [3.63, 3.8) is 0 Å². The van der Waals surface area contributed by atoms with Crippen LogP contribution in [0.5, 0.6) is 0 Å². The maximum atomic E-state index is 13.8. The molecular formula is C29H32O4. The molecule has 33 heavy (non-hydrogen) atoms. The number of hydrogen-bond acceptors (Lipinski definition) is 4. The summed E-state index contributed by atoms with van der Waals surface area (Å²) in [7, 11) is 2.77. The second kappa shape index (κ2) is 8.16. The molecule has 172 valence electrons. The summed E-state index contributed by atoms with van der Waals surface area (Å²) in [6.07, 6.45) is 6.39. The Morgan fingerprint density at radius 1 is 0.939 bits per heavy atom. The number of esters is 2. The van der Waals surface area contributed by atoms with Gasteiger partial charge in [0.2, 0.25) is 0 Å². The molecule has 5 atom stereocenters.